The summed E-state index contributed by atoms with van der Waals surface area (Å²) in [5.41, 5.74) is 6.18. The summed E-state index contributed by atoms with van der Waals surface area (Å²) in [5, 5.41) is 7.90. The highest BCUT2D eigenvalue weighted by molar-refractivity contribution is 9.10. The molecule has 1 heterocycles. The van der Waals surface area contributed by atoms with Gasteiger partial charge in [0.25, 0.3) is 0 Å². The normalized spacial score (nSPS) is 10.7. The van der Waals surface area contributed by atoms with Gasteiger partial charge >= 0.3 is 0 Å². The van der Waals surface area contributed by atoms with E-state index in [1.807, 2.05) is 66.7 Å². The topological polar surface area (TPSA) is 64.1 Å². The number of benzene rings is 3. The molecule has 0 bridgehead atoms. The zero-order valence-corrected chi connectivity index (χ0v) is 20.3. The lowest BCUT2D eigenvalue weighted by atomic mass is 10.1. The number of H-pyrrole nitrogens is 1. The summed E-state index contributed by atoms with van der Waals surface area (Å²) in [6.45, 7) is 0.790. The molecule has 0 saturated heterocycles. The van der Waals surface area contributed by atoms with E-state index in [0.717, 1.165) is 21.2 Å². The first-order valence-electron chi connectivity index (χ1n) is 9.76. The lowest BCUT2D eigenvalue weighted by Crippen LogP contribution is -2.17. The van der Waals surface area contributed by atoms with E-state index < -0.39 is 0 Å². The number of ether oxygens (including phenoxy) is 2. The second-order valence-corrected chi connectivity index (χ2v) is 8.54. The van der Waals surface area contributed by atoms with Gasteiger partial charge in [-0.15, -0.1) is 0 Å². The Bertz CT molecular complexity index is 1260. The summed E-state index contributed by atoms with van der Waals surface area (Å²) in [6.07, 6.45) is 0. The molecule has 0 unspecified atom stereocenters. The molecule has 0 aliphatic heterocycles. The van der Waals surface area contributed by atoms with Crippen molar-refractivity contribution < 1.29 is 9.47 Å². The zero-order valence-electron chi connectivity index (χ0n) is 17.1. The van der Waals surface area contributed by atoms with Crippen molar-refractivity contribution in [3.63, 3.8) is 0 Å². The van der Waals surface area contributed by atoms with Crippen molar-refractivity contribution in [3.8, 4) is 22.9 Å². The predicted molar refractivity (Wildman–Crippen MR) is 132 cm³/mol. The van der Waals surface area contributed by atoms with E-state index in [1.165, 1.54) is 0 Å². The lowest BCUT2D eigenvalue weighted by Gasteiger charge is -2.18. The Kier molecular flexibility index (Phi) is 7.14. The van der Waals surface area contributed by atoms with Crippen molar-refractivity contribution in [2.45, 2.75) is 13.2 Å². The molecular weight excluding hydrogens is 512 g/mol. The number of hydrogen-bond donors (Lipinski definition) is 2. The number of halogens is 2. The number of nitrogens with one attached hydrogen (secondary N) is 2. The minimum Gasteiger partial charge on any atom is -0.493 e. The van der Waals surface area contributed by atoms with Crippen molar-refractivity contribution in [2.75, 3.05) is 12.5 Å². The number of aromatic amines is 1. The predicted octanol–water partition coefficient (Wildman–Crippen LogP) is 6.35. The van der Waals surface area contributed by atoms with Crippen LogP contribution < -0.4 is 14.9 Å². The Morgan fingerprint density at radius 1 is 1.09 bits per heavy atom. The molecule has 4 rings (SSSR count). The van der Waals surface area contributed by atoms with Gasteiger partial charge in [-0.1, -0.05) is 70.0 Å². The van der Waals surface area contributed by atoms with Gasteiger partial charge in [-0.05, 0) is 42.0 Å². The second kappa shape index (κ2) is 10.2. The maximum Gasteiger partial charge on any atom is 0.214 e. The van der Waals surface area contributed by atoms with Crippen molar-refractivity contribution in [1.29, 1.82) is 0 Å². The van der Waals surface area contributed by atoms with Gasteiger partial charge in [0, 0.05) is 20.6 Å². The van der Waals surface area contributed by atoms with Crippen LogP contribution in [0.15, 0.2) is 71.2 Å². The van der Waals surface area contributed by atoms with Gasteiger partial charge in [0.2, 0.25) is 4.77 Å². The first-order valence-corrected chi connectivity index (χ1v) is 11.3. The quantitative estimate of drug-likeness (QED) is 0.259. The molecule has 0 atom stereocenters. The van der Waals surface area contributed by atoms with Crippen LogP contribution in [0.25, 0.3) is 11.4 Å². The smallest absolute Gasteiger partial charge is 0.214 e. The highest BCUT2D eigenvalue weighted by Gasteiger charge is 2.16. The van der Waals surface area contributed by atoms with Crippen molar-refractivity contribution in [2.24, 2.45) is 0 Å². The molecule has 1 aromatic heterocycles. The maximum atomic E-state index is 6.18. The van der Waals surface area contributed by atoms with Gasteiger partial charge in [-0.3, -0.25) is 0 Å². The Balaban J connectivity index is 1.61. The molecule has 2 N–H and O–H groups in total. The van der Waals surface area contributed by atoms with Gasteiger partial charge in [-0.2, -0.15) is 5.10 Å². The van der Waals surface area contributed by atoms with Crippen LogP contribution in [0.4, 0.5) is 0 Å². The molecule has 4 aromatic rings. The number of aromatic nitrogens is 3. The Morgan fingerprint density at radius 2 is 1.84 bits per heavy atom. The van der Waals surface area contributed by atoms with Crippen LogP contribution in [0.2, 0.25) is 5.02 Å². The van der Waals surface area contributed by atoms with Gasteiger partial charge < -0.3 is 14.9 Å². The fourth-order valence-corrected chi connectivity index (χ4v) is 3.96. The van der Waals surface area contributed by atoms with Crippen LogP contribution in [0.3, 0.4) is 0 Å². The van der Waals surface area contributed by atoms with Crippen LogP contribution in [-0.2, 0) is 13.2 Å². The van der Waals surface area contributed by atoms with Crippen LogP contribution in [0.1, 0.15) is 11.1 Å². The molecule has 3 aromatic carbocycles. The fraction of sp³-hybridized carbons (Fsp3) is 0.130. The van der Waals surface area contributed by atoms with E-state index >= 15 is 0 Å². The molecule has 0 saturated carbocycles. The van der Waals surface area contributed by atoms with Crippen LogP contribution in [0, 0.1) is 4.77 Å². The third-order valence-corrected chi connectivity index (χ3v) is 6.07. The van der Waals surface area contributed by atoms with Crippen molar-refractivity contribution >= 4 is 39.7 Å². The van der Waals surface area contributed by atoms with Gasteiger partial charge in [0.05, 0.1) is 13.7 Å². The van der Waals surface area contributed by atoms with Gasteiger partial charge in [-0.25, -0.2) is 9.77 Å². The van der Waals surface area contributed by atoms with E-state index in [-0.39, 0.29) is 0 Å². The SMILES string of the molecule is COc1ccc(Br)c(CNn2c(-c3ccccc3)n[nH]c2=S)c1OCc1ccc(Cl)cc1. The first-order chi connectivity index (χ1) is 15.6. The Hall–Kier alpha value is -2.81. The molecule has 0 fully saturated rings. The van der Waals surface area contributed by atoms with E-state index in [9.17, 15) is 0 Å². The number of hydrogen-bond acceptors (Lipinski definition) is 5. The number of nitrogens with zero attached hydrogens (tertiary/aromatic N) is 2. The first kappa shape index (κ1) is 22.4. The molecule has 0 aliphatic carbocycles. The minimum absolute atomic E-state index is 0.372. The monoisotopic (exact) mass is 530 g/mol. The summed E-state index contributed by atoms with van der Waals surface area (Å²) < 4.78 is 14.8. The second-order valence-electron chi connectivity index (χ2n) is 6.86. The standard InChI is InChI=1S/C23H20BrClN4O2S/c1-30-20-12-11-19(24)18(21(20)31-14-15-7-9-17(25)10-8-15)13-26-29-22(27-28-23(29)32)16-5-3-2-4-6-16/h2-12,26H,13-14H2,1H3,(H,28,32). The summed E-state index contributed by atoms with van der Waals surface area (Å²) in [6, 6.07) is 21.2. The number of rotatable bonds is 8. The average molecular weight is 532 g/mol. The maximum absolute atomic E-state index is 6.18. The Labute approximate surface area is 204 Å². The molecule has 9 heteroatoms. The third-order valence-electron chi connectivity index (χ3n) is 4.80. The van der Waals surface area contributed by atoms with Crippen molar-refractivity contribution in [3.05, 3.63) is 92.1 Å². The van der Waals surface area contributed by atoms with Gasteiger partial charge in [0.1, 0.15) is 6.61 Å². The van der Waals surface area contributed by atoms with E-state index in [4.69, 9.17) is 33.3 Å². The van der Waals surface area contributed by atoms with E-state index in [0.29, 0.717) is 40.3 Å². The largest absolute Gasteiger partial charge is 0.493 e. The average Bonchev–Trinajstić information content (AvgIpc) is 3.19. The van der Waals surface area contributed by atoms with E-state index in [1.54, 1.807) is 11.8 Å². The van der Waals surface area contributed by atoms with Crippen LogP contribution >= 0.6 is 39.7 Å². The highest BCUT2D eigenvalue weighted by atomic mass is 79.9. The third kappa shape index (κ3) is 4.98. The molecule has 0 aliphatic rings. The molecular formula is C23H20BrClN4O2S. The fourth-order valence-electron chi connectivity index (χ4n) is 3.18. The number of methoxy groups -OCH3 is 1. The molecule has 0 amide bonds. The summed E-state index contributed by atoms with van der Waals surface area (Å²) in [4.78, 5) is 0. The molecule has 0 spiro atoms. The molecule has 6 nitrogen and oxygen atoms in total. The van der Waals surface area contributed by atoms with Crippen molar-refractivity contribution in [1.82, 2.24) is 14.9 Å². The molecule has 0 radical (unpaired) electrons. The summed E-state index contributed by atoms with van der Waals surface area (Å²) in [7, 11) is 1.62. The Morgan fingerprint density at radius 3 is 2.56 bits per heavy atom. The van der Waals surface area contributed by atoms with Crippen LogP contribution in [-0.4, -0.2) is 22.0 Å². The molecule has 32 heavy (non-hydrogen) atoms. The van der Waals surface area contributed by atoms with E-state index in [2.05, 4.69) is 31.6 Å². The van der Waals surface area contributed by atoms with Crippen LogP contribution in [0.5, 0.6) is 11.5 Å². The summed E-state index contributed by atoms with van der Waals surface area (Å²) in [5.74, 6) is 1.97. The molecule has 164 valence electrons. The lowest BCUT2D eigenvalue weighted by molar-refractivity contribution is 0.281. The highest BCUT2D eigenvalue weighted by Crippen LogP contribution is 2.37. The zero-order chi connectivity index (χ0) is 22.5. The van der Waals surface area contributed by atoms with Gasteiger partial charge in [0.15, 0.2) is 17.3 Å². The summed E-state index contributed by atoms with van der Waals surface area (Å²) >= 11 is 15.1. The minimum atomic E-state index is 0.372.